The van der Waals surface area contributed by atoms with Crippen molar-refractivity contribution in [2.75, 3.05) is 19.8 Å². The number of hydrogen-bond acceptors (Lipinski definition) is 3. The summed E-state index contributed by atoms with van der Waals surface area (Å²) in [6.07, 6.45) is 2.65. The molecule has 0 saturated carbocycles. The average Bonchev–Trinajstić information content (AvgIpc) is 3.33. The lowest BCUT2D eigenvalue weighted by molar-refractivity contribution is 0.0459. The Morgan fingerprint density at radius 1 is 0.967 bits per heavy atom. The average molecular weight is 421 g/mol. The van der Waals surface area contributed by atoms with E-state index >= 15 is 0 Å². The van der Waals surface area contributed by atoms with Crippen LogP contribution >= 0.6 is 11.3 Å². The largest absolute Gasteiger partial charge is 0.381 e. The van der Waals surface area contributed by atoms with Crippen molar-refractivity contribution in [2.45, 2.75) is 31.3 Å². The number of nitrogens with one attached hydrogen (secondary N) is 1. The van der Waals surface area contributed by atoms with E-state index in [1.54, 1.807) is 11.3 Å². The number of benzene rings is 2. The Bertz CT molecular complexity index is 854. The second-order valence-corrected chi connectivity index (χ2v) is 8.60. The van der Waals surface area contributed by atoms with E-state index in [0.717, 1.165) is 30.4 Å². The first-order valence-corrected chi connectivity index (χ1v) is 11.5. The smallest absolute Gasteiger partial charge is 0.318 e. The second kappa shape index (κ2) is 10.4. The summed E-state index contributed by atoms with van der Waals surface area (Å²) in [5.74, 6) is 0. The van der Waals surface area contributed by atoms with Gasteiger partial charge in [0.25, 0.3) is 0 Å². The van der Waals surface area contributed by atoms with Gasteiger partial charge in [-0.1, -0.05) is 66.7 Å². The van der Waals surface area contributed by atoms with Crippen LogP contribution in [0.15, 0.2) is 78.2 Å². The van der Waals surface area contributed by atoms with Crippen LogP contribution in [-0.4, -0.2) is 36.7 Å². The molecule has 1 aliphatic heterocycles. The number of rotatable bonds is 7. The van der Waals surface area contributed by atoms with Gasteiger partial charge < -0.3 is 15.0 Å². The fourth-order valence-corrected chi connectivity index (χ4v) is 4.69. The molecule has 4 nitrogen and oxygen atoms in total. The summed E-state index contributed by atoms with van der Waals surface area (Å²) in [7, 11) is 0. The van der Waals surface area contributed by atoms with Crippen molar-refractivity contribution in [2.24, 2.45) is 0 Å². The second-order valence-electron chi connectivity index (χ2n) is 7.57. The van der Waals surface area contributed by atoms with Crippen molar-refractivity contribution >= 4 is 17.4 Å². The fraction of sp³-hybridized carbons (Fsp3) is 0.320. The zero-order valence-electron chi connectivity index (χ0n) is 17.1. The Morgan fingerprint density at radius 3 is 2.17 bits per heavy atom. The molecule has 1 aromatic heterocycles. The van der Waals surface area contributed by atoms with Crippen LogP contribution in [0.1, 0.15) is 34.9 Å². The van der Waals surface area contributed by atoms with Crippen LogP contribution in [0.3, 0.4) is 0 Å². The molecular formula is C25H28N2O2S. The van der Waals surface area contributed by atoms with Crippen LogP contribution in [0.4, 0.5) is 4.79 Å². The van der Waals surface area contributed by atoms with Gasteiger partial charge in [-0.15, -0.1) is 11.3 Å². The molecule has 2 aromatic carbocycles. The van der Waals surface area contributed by atoms with E-state index in [9.17, 15) is 4.79 Å². The molecule has 3 aromatic rings. The Morgan fingerprint density at radius 2 is 1.60 bits per heavy atom. The third-order valence-electron chi connectivity index (χ3n) is 5.61. The van der Waals surface area contributed by atoms with Gasteiger partial charge in [-0.25, -0.2) is 4.79 Å². The van der Waals surface area contributed by atoms with Crippen LogP contribution in [0.5, 0.6) is 0 Å². The molecule has 156 valence electrons. The van der Waals surface area contributed by atoms with E-state index in [1.165, 1.54) is 4.88 Å². The highest BCUT2D eigenvalue weighted by molar-refractivity contribution is 7.09. The fourth-order valence-electron chi connectivity index (χ4n) is 3.99. The Hall–Kier alpha value is -2.63. The van der Waals surface area contributed by atoms with Crippen LogP contribution in [0, 0.1) is 0 Å². The predicted octanol–water partition coefficient (Wildman–Crippen LogP) is 5.27. The van der Waals surface area contributed by atoms with E-state index in [-0.39, 0.29) is 18.1 Å². The molecule has 0 unspecified atom stereocenters. The first-order valence-electron chi connectivity index (χ1n) is 10.6. The van der Waals surface area contributed by atoms with Gasteiger partial charge in [0, 0.05) is 30.7 Å². The van der Waals surface area contributed by atoms with Crippen molar-refractivity contribution in [3.63, 3.8) is 0 Å². The van der Waals surface area contributed by atoms with E-state index in [1.807, 2.05) is 41.3 Å². The Labute approximate surface area is 182 Å². The molecule has 0 radical (unpaired) electrons. The van der Waals surface area contributed by atoms with Crippen LogP contribution < -0.4 is 5.32 Å². The minimum absolute atomic E-state index is 0.00355. The van der Waals surface area contributed by atoms with E-state index in [4.69, 9.17) is 4.74 Å². The molecule has 2 amide bonds. The summed E-state index contributed by atoms with van der Waals surface area (Å²) in [5, 5.41) is 5.42. The highest BCUT2D eigenvalue weighted by Crippen LogP contribution is 2.24. The summed E-state index contributed by atoms with van der Waals surface area (Å²) in [5.41, 5.74) is 2.17. The molecule has 0 aliphatic carbocycles. The van der Waals surface area contributed by atoms with Gasteiger partial charge in [-0.2, -0.15) is 0 Å². The van der Waals surface area contributed by atoms with Gasteiger partial charge >= 0.3 is 6.03 Å². The number of urea groups is 1. The SMILES string of the molecule is O=C(NC(c1ccccc1)c1ccccc1)N(CCc1cccs1)C1CCOCC1. The lowest BCUT2D eigenvalue weighted by Gasteiger charge is -2.35. The lowest BCUT2D eigenvalue weighted by Crippen LogP contribution is -2.50. The molecule has 1 fully saturated rings. The third kappa shape index (κ3) is 5.29. The summed E-state index contributed by atoms with van der Waals surface area (Å²) < 4.78 is 5.54. The van der Waals surface area contributed by atoms with Gasteiger partial charge in [-0.05, 0) is 41.8 Å². The maximum absolute atomic E-state index is 13.5. The van der Waals surface area contributed by atoms with Crippen LogP contribution in [0.25, 0.3) is 0 Å². The van der Waals surface area contributed by atoms with Crippen molar-refractivity contribution in [3.05, 3.63) is 94.2 Å². The van der Waals surface area contributed by atoms with Crippen molar-refractivity contribution in [1.29, 1.82) is 0 Å². The van der Waals surface area contributed by atoms with Gasteiger partial charge in [0.15, 0.2) is 0 Å². The molecule has 4 rings (SSSR count). The molecule has 1 aliphatic rings. The lowest BCUT2D eigenvalue weighted by atomic mass is 9.99. The quantitative estimate of drug-likeness (QED) is 0.566. The number of carbonyl (C=O) groups is 1. The van der Waals surface area contributed by atoms with Crippen LogP contribution in [0.2, 0.25) is 0 Å². The topological polar surface area (TPSA) is 41.6 Å². The molecule has 0 bridgehead atoms. The minimum atomic E-state index is -0.177. The molecule has 30 heavy (non-hydrogen) atoms. The molecular weight excluding hydrogens is 392 g/mol. The summed E-state index contributed by atoms with van der Waals surface area (Å²) in [4.78, 5) is 16.9. The highest BCUT2D eigenvalue weighted by atomic mass is 32.1. The van der Waals surface area contributed by atoms with Gasteiger partial charge in [-0.3, -0.25) is 0 Å². The van der Waals surface area contributed by atoms with Gasteiger partial charge in [0.1, 0.15) is 0 Å². The molecule has 5 heteroatoms. The zero-order valence-corrected chi connectivity index (χ0v) is 17.9. The first kappa shape index (κ1) is 20.6. The highest BCUT2D eigenvalue weighted by Gasteiger charge is 2.28. The summed E-state index contributed by atoms with van der Waals surface area (Å²) in [6, 6.07) is 24.6. The number of hydrogen-bond donors (Lipinski definition) is 1. The van der Waals surface area contributed by atoms with Gasteiger partial charge in [0.05, 0.1) is 6.04 Å². The van der Waals surface area contributed by atoms with Crippen molar-refractivity contribution in [1.82, 2.24) is 10.2 Å². The molecule has 0 atom stereocenters. The van der Waals surface area contributed by atoms with E-state index in [0.29, 0.717) is 19.8 Å². The number of amides is 2. The number of ether oxygens (including phenoxy) is 1. The predicted molar refractivity (Wildman–Crippen MR) is 122 cm³/mol. The zero-order chi connectivity index (χ0) is 20.6. The van der Waals surface area contributed by atoms with E-state index in [2.05, 4.69) is 47.1 Å². The number of thiophene rings is 1. The summed E-state index contributed by atoms with van der Waals surface area (Å²) >= 11 is 1.75. The standard InChI is InChI=1S/C25H28N2O2S/c28-25(26-24(20-8-3-1-4-9-20)21-10-5-2-6-11-21)27(22-14-17-29-18-15-22)16-13-23-12-7-19-30-23/h1-12,19,22,24H,13-18H2,(H,26,28). The van der Waals surface area contributed by atoms with Gasteiger partial charge in [0.2, 0.25) is 0 Å². The molecule has 0 spiro atoms. The normalized spacial score (nSPS) is 14.6. The molecule has 1 N–H and O–H groups in total. The maximum Gasteiger partial charge on any atom is 0.318 e. The molecule has 2 heterocycles. The Balaban J connectivity index is 1.55. The van der Waals surface area contributed by atoms with Crippen LogP contribution in [-0.2, 0) is 11.2 Å². The minimum Gasteiger partial charge on any atom is -0.381 e. The maximum atomic E-state index is 13.5. The monoisotopic (exact) mass is 420 g/mol. The van der Waals surface area contributed by atoms with E-state index < -0.39 is 0 Å². The third-order valence-corrected chi connectivity index (χ3v) is 6.54. The number of carbonyl (C=O) groups excluding carboxylic acids is 1. The summed E-state index contributed by atoms with van der Waals surface area (Å²) in [6.45, 7) is 2.15. The molecule has 1 saturated heterocycles. The van der Waals surface area contributed by atoms with Crippen molar-refractivity contribution in [3.8, 4) is 0 Å². The Kier molecular flexibility index (Phi) is 7.16. The number of nitrogens with zero attached hydrogens (tertiary/aromatic N) is 1. The van der Waals surface area contributed by atoms with Crippen molar-refractivity contribution < 1.29 is 9.53 Å². The first-order chi connectivity index (χ1) is 14.8.